The van der Waals surface area contributed by atoms with E-state index in [9.17, 15) is 4.79 Å². The van der Waals surface area contributed by atoms with Crippen molar-refractivity contribution in [3.63, 3.8) is 0 Å². The average molecular weight is 368 g/mol. The van der Waals surface area contributed by atoms with Crippen molar-refractivity contribution in [3.8, 4) is 10.7 Å². The minimum atomic E-state index is 0.00181. The lowest BCUT2D eigenvalue weighted by molar-refractivity contribution is -0.118. The molecule has 0 bridgehead atoms. The quantitative estimate of drug-likeness (QED) is 0.747. The largest absolute Gasteiger partial charge is 0.339 e. The van der Waals surface area contributed by atoms with Gasteiger partial charge in [0.15, 0.2) is 0 Å². The summed E-state index contributed by atoms with van der Waals surface area (Å²) in [6.45, 7) is 5.94. The number of anilines is 1. The molecular weight excluding hydrogens is 348 g/mol. The van der Waals surface area contributed by atoms with Crippen molar-refractivity contribution in [3.05, 3.63) is 52.7 Å². The van der Waals surface area contributed by atoms with E-state index in [1.807, 2.05) is 49.6 Å². The summed E-state index contributed by atoms with van der Waals surface area (Å²) in [5, 5.41) is 9.04. The zero-order valence-electron chi connectivity index (χ0n) is 14.7. The number of benzene rings is 1. The van der Waals surface area contributed by atoms with Crippen molar-refractivity contribution >= 4 is 22.9 Å². The Labute approximate surface area is 155 Å². The van der Waals surface area contributed by atoms with Crippen LogP contribution in [-0.2, 0) is 4.79 Å². The number of nitrogens with one attached hydrogen (secondary N) is 1. The molecule has 2 aromatic heterocycles. The van der Waals surface area contributed by atoms with E-state index in [4.69, 9.17) is 4.52 Å². The van der Waals surface area contributed by atoms with Gasteiger partial charge in [0.1, 0.15) is 0 Å². The van der Waals surface area contributed by atoms with Crippen molar-refractivity contribution in [2.24, 2.45) is 0 Å². The molecule has 1 amide bonds. The van der Waals surface area contributed by atoms with Crippen LogP contribution in [0.5, 0.6) is 0 Å². The molecule has 4 rings (SSSR count). The standard InChI is InChI=1S/C19H20N4O2S/c1-12-5-3-6-15(13(12)2)20-17(24)11-23-9-14(10-23)19-21-18(22-25-19)16-7-4-8-26-16/h3-8,14H,9-11H2,1-2H3,(H,20,24). The molecule has 3 heterocycles. The number of nitrogens with zero attached hydrogens (tertiary/aromatic N) is 3. The van der Waals surface area contributed by atoms with Crippen molar-refractivity contribution in [2.75, 3.05) is 25.0 Å². The Kier molecular flexibility index (Phi) is 4.57. The van der Waals surface area contributed by atoms with Crippen LogP contribution in [0.4, 0.5) is 5.69 Å². The highest BCUT2D eigenvalue weighted by molar-refractivity contribution is 7.13. The molecule has 1 aromatic carbocycles. The van der Waals surface area contributed by atoms with Gasteiger partial charge in [0.25, 0.3) is 0 Å². The van der Waals surface area contributed by atoms with E-state index in [1.54, 1.807) is 11.3 Å². The Morgan fingerprint density at radius 1 is 1.31 bits per heavy atom. The first-order chi connectivity index (χ1) is 12.6. The molecule has 134 valence electrons. The summed E-state index contributed by atoms with van der Waals surface area (Å²) in [5.41, 5.74) is 3.16. The zero-order chi connectivity index (χ0) is 18.1. The molecule has 0 unspecified atom stereocenters. The first-order valence-corrected chi connectivity index (χ1v) is 9.44. The van der Waals surface area contributed by atoms with Crippen LogP contribution in [0.15, 0.2) is 40.2 Å². The Morgan fingerprint density at radius 3 is 2.92 bits per heavy atom. The molecule has 1 aliphatic rings. The summed E-state index contributed by atoms with van der Waals surface area (Å²) in [7, 11) is 0. The van der Waals surface area contributed by atoms with E-state index in [0.29, 0.717) is 18.3 Å². The van der Waals surface area contributed by atoms with Gasteiger partial charge >= 0.3 is 0 Å². The van der Waals surface area contributed by atoms with Gasteiger partial charge in [0.05, 0.1) is 17.3 Å². The van der Waals surface area contributed by atoms with E-state index in [-0.39, 0.29) is 11.8 Å². The predicted octanol–water partition coefficient (Wildman–Crippen LogP) is 3.45. The zero-order valence-corrected chi connectivity index (χ0v) is 15.5. The molecule has 0 radical (unpaired) electrons. The number of hydrogen-bond donors (Lipinski definition) is 1. The van der Waals surface area contributed by atoms with Crippen molar-refractivity contribution in [1.82, 2.24) is 15.0 Å². The van der Waals surface area contributed by atoms with Crippen LogP contribution < -0.4 is 5.32 Å². The molecule has 0 aliphatic carbocycles. The summed E-state index contributed by atoms with van der Waals surface area (Å²) in [6, 6.07) is 9.88. The van der Waals surface area contributed by atoms with Gasteiger partial charge in [-0.2, -0.15) is 4.98 Å². The fraction of sp³-hybridized carbons (Fsp3) is 0.316. The Morgan fingerprint density at radius 2 is 2.15 bits per heavy atom. The smallest absolute Gasteiger partial charge is 0.238 e. The van der Waals surface area contributed by atoms with E-state index in [2.05, 4.69) is 20.4 Å². The maximum atomic E-state index is 12.3. The summed E-state index contributed by atoms with van der Waals surface area (Å²) < 4.78 is 5.39. The second kappa shape index (κ2) is 7.01. The highest BCUT2D eigenvalue weighted by Gasteiger charge is 2.33. The third-order valence-electron chi connectivity index (χ3n) is 4.74. The summed E-state index contributed by atoms with van der Waals surface area (Å²) >= 11 is 1.59. The molecule has 1 saturated heterocycles. The number of carbonyl (C=O) groups excluding carboxylic acids is 1. The van der Waals surface area contributed by atoms with E-state index < -0.39 is 0 Å². The third-order valence-corrected chi connectivity index (χ3v) is 5.60. The molecule has 0 saturated carbocycles. The average Bonchev–Trinajstić information content (AvgIpc) is 3.25. The predicted molar refractivity (Wildman–Crippen MR) is 101 cm³/mol. The van der Waals surface area contributed by atoms with Crippen LogP contribution in [0.3, 0.4) is 0 Å². The molecule has 7 heteroatoms. The van der Waals surface area contributed by atoms with Gasteiger partial charge in [-0.25, -0.2) is 0 Å². The maximum Gasteiger partial charge on any atom is 0.238 e. The van der Waals surface area contributed by atoms with E-state index >= 15 is 0 Å². The van der Waals surface area contributed by atoms with Gasteiger partial charge in [-0.1, -0.05) is 23.4 Å². The van der Waals surface area contributed by atoms with Crippen LogP contribution in [0.25, 0.3) is 10.7 Å². The fourth-order valence-corrected chi connectivity index (χ4v) is 3.69. The number of amides is 1. The number of rotatable bonds is 5. The first kappa shape index (κ1) is 16.9. The normalized spacial score (nSPS) is 15.0. The molecule has 3 aromatic rings. The van der Waals surface area contributed by atoms with Gasteiger partial charge in [0.2, 0.25) is 17.6 Å². The number of thiophene rings is 1. The number of hydrogen-bond acceptors (Lipinski definition) is 6. The summed E-state index contributed by atoms with van der Waals surface area (Å²) in [5.74, 6) is 1.49. The second-order valence-electron chi connectivity index (χ2n) is 6.62. The second-order valence-corrected chi connectivity index (χ2v) is 7.57. The monoisotopic (exact) mass is 368 g/mol. The van der Waals surface area contributed by atoms with Crippen molar-refractivity contribution in [1.29, 1.82) is 0 Å². The van der Waals surface area contributed by atoms with Crippen LogP contribution in [-0.4, -0.2) is 40.6 Å². The van der Waals surface area contributed by atoms with Crippen LogP contribution in [0.1, 0.15) is 22.9 Å². The minimum absolute atomic E-state index is 0.00181. The Balaban J connectivity index is 1.30. The first-order valence-electron chi connectivity index (χ1n) is 8.56. The molecule has 0 spiro atoms. The van der Waals surface area contributed by atoms with Gasteiger partial charge in [-0.05, 0) is 42.5 Å². The highest BCUT2D eigenvalue weighted by atomic mass is 32.1. The Hall–Kier alpha value is -2.51. The fourth-order valence-electron chi connectivity index (χ4n) is 3.04. The van der Waals surface area contributed by atoms with E-state index in [0.717, 1.165) is 29.2 Å². The third kappa shape index (κ3) is 3.40. The Bertz CT molecular complexity index is 914. The van der Waals surface area contributed by atoms with Crippen molar-refractivity contribution < 1.29 is 9.32 Å². The van der Waals surface area contributed by atoms with Crippen molar-refractivity contribution in [2.45, 2.75) is 19.8 Å². The van der Waals surface area contributed by atoms with E-state index in [1.165, 1.54) is 5.56 Å². The van der Waals surface area contributed by atoms with Gasteiger partial charge in [0, 0.05) is 18.8 Å². The SMILES string of the molecule is Cc1cccc(NC(=O)CN2CC(c3nc(-c4cccs4)no3)C2)c1C. The summed E-state index contributed by atoms with van der Waals surface area (Å²) in [4.78, 5) is 19.8. The lowest BCUT2D eigenvalue weighted by Crippen LogP contribution is -2.48. The van der Waals surface area contributed by atoms with Gasteiger partial charge < -0.3 is 9.84 Å². The molecular formula is C19H20N4O2S. The molecule has 26 heavy (non-hydrogen) atoms. The molecule has 1 fully saturated rings. The van der Waals surface area contributed by atoms with Gasteiger partial charge in [-0.3, -0.25) is 9.69 Å². The molecule has 0 atom stereocenters. The number of aryl methyl sites for hydroxylation is 1. The number of aromatic nitrogens is 2. The summed E-state index contributed by atoms with van der Waals surface area (Å²) in [6.07, 6.45) is 0. The van der Waals surface area contributed by atoms with Crippen LogP contribution in [0.2, 0.25) is 0 Å². The lowest BCUT2D eigenvalue weighted by atomic mass is 10.0. The lowest BCUT2D eigenvalue weighted by Gasteiger charge is -2.36. The maximum absolute atomic E-state index is 12.3. The van der Waals surface area contributed by atoms with Crippen LogP contribution >= 0.6 is 11.3 Å². The number of carbonyl (C=O) groups is 1. The topological polar surface area (TPSA) is 71.3 Å². The minimum Gasteiger partial charge on any atom is -0.339 e. The van der Waals surface area contributed by atoms with Gasteiger partial charge in [-0.15, -0.1) is 11.3 Å². The molecule has 1 aliphatic heterocycles. The highest BCUT2D eigenvalue weighted by Crippen LogP contribution is 2.29. The molecule has 1 N–H and O–H groups in total. The molecule has 6 nitrogen and oxygen atoms in total. The van der Waals surface area contributed by atoms with Crippen LogP contribution in [0, 0.1) is 13.8 Å². The number of likely N-dealkylation sites (tertiary alicyclic amines) is 1.